The van der Waals surface area contributed by atoms with Crippen molar-refractivity contribution in [3.63, 3.8) is 0 Å². The van der Waals surface area contributed by atoms with Crippen LogP contribution in [0.25, 0.3) is 0 Å². The number of nitrogens with one attached hydrogen (secondary N) is 1. The van der Waals surface area contributed by atoms with Gasteiger partial charge in [0.1, 0.15) is 0 Å². The zero-order valence-corrected chi connectivity index (χ0v) is 17.3. The smallest absolute Gasteiger partial charge is 0.231 e. The molecule has 29 heavy (non-hydrogen) atoms. The number of nitrogens with two attached hydrogens (primary N) is 1. The molecule has 2 aliphatic rings. The Labute approximate surface area is 178 Å². The van der Waals surface area contributed by atoms with Gasteiger partial charge in [0.25, 0.3) is 0 Å². The lowest BCUT2D eigenvalue weighted by Crippen LogP contribution is -2.36. The average Bonchev–Trinajstić information content (AvgIpc) is 3.15. The summed E-state index contributed by atoms with van der Waals surface area (Å²) in [4.78, 5) is 27.1. The molecule has 0 aromatic heterocycles. The summed E-state index contributed by atoms with van der Waals surface area (Å²) in [5.41, 5.74) is 9.90. The van der Waals surface area contributed by atoms with Crippen LogP contribution in [-0.2, 0) is 22.4 Å². The van der Waals surface area contributed by atoms with E-state index in [1.54, 1.807) is 0 Å². The number of fused-ring (bicyclic) bond motifs is 1. The highest BCUT2D eigenvalue weighted by atomic mass is 35.5. The molecular formula is C23H28ClN3O2. The largest absolute Gasteiger partial charge is 0.328 e. The van der Waals surface area contributed by atoms with Gasteiger partial charge in [0.05, 0.1) is 6.42 Å². The Bertz CT molecular complexity index is 869. The predicted octanol–water partition coefficient (Wildman–Crippen LogP) is 3.70. The first kappa shape index (κ1) is 21.3. The van der Waals surface area contributed by atoms with Crippen LogP contribution in [0.3, 0.4) is 0 Å². The zero-order valence-electron chi connectivity index (χ0n) is 16.5. The van der Waals surface area contributed by atoms with Crippen molar-refractivity contribution < 1.29 is 9.59 Å². The number of anilines is 2. The van der Waals surface area contributed by atoms with Crippen molar-refractivity contribution in [3.05, 3.63) is 59.7 Å². The molecule has 0 saturated heterocycles. The number of rotatable bonds is 4. The first-order valence-electron chi connectivity index (χ1n) is 10.1. The van der Waals surface area contributed by atoms with Crippen molar-refractivity contribution in [1.29, 1.82) is 0 Å². The van der Waals surface area contributed by atoms with Crippen LogP contribution in [0.4, 0.5) is 11.4 Å². The zero-order chi connectivity index (χ0) is 19.5. The first-order valence-corrected chi connectivity index (χ1v) is 10.1. The topological polar surface area (TPSA) is 75.4 Å². The molecule has 2 aromatic carbocycles. The number of hydrogen-bond acceptors (Lipinski definition) is 3. The lowest BCUT2D eigenvalue weighted by atomic mass is 10.0. The van der Waals surface area contributed by atoms with Gasteiger partial charge in [0.2, 0.25) is 11.8 Å². The summed E-state index contributed by atoms with van der Waals surface area (Å²) < 4.78 is 0. The van der Waals surface area contributed by atoms with Crippen LogP contribution in [0.2, 0.25) is 0 Å². The van der Waals surface area contributed by atoms with E-state index in [-0.39, 0.29) is 36.2 Å². The van der Waals surface area contributed by atoms with E-state index < -0.39 is 0 Å². The fourth-order valence-corrected chi connectivity index (χ4v) is 4.27. The second-order valence-electron chi connectivity index (χ2n) is 7.91. The van der Waals surface area contributed by atoms with E-state index in [0.29, 0.717) is 6.42 Å². The number of hydrogen-bond donors (Lipinski definition) is 2. The van der Waals surface area contributed by atoms with Crippen LogP contribution in [0.5, 0.6) is 0 Å². The molecule has 154 valence electrons. The molecule has 1 heterocycles. The Hall–Kier alpha value is -2.37. The Morgan fingerprint density at radius 1 is 1.07 bits per heavy atom. The number of amides is 2. The third-order valence-electron chi connectivity index (χ3n) is 5.83. The highest BCUT2D eigenvalue weighted by Gasteiger charge is 2.27. The van der Waals surface area contributed by atoms with Gasteiger partial charge in [0, 0.05) is 29.9 Å². The Morgan fingerprint density at radius 2 is 1.83 bits per heavy atom. The van der Waals surface area contributed by atoms with Crippen molar-refractivity contribution in [1.82, 2.24) is 0 Å². The Kier molecular flexibility index (Phi) is 6.93. The van der Waals surface area contributed by atoms with Crippen molar-refractivity contribution in [2.45, 2.75) is 44.6 Å². The summed E-state index contributed by atoms with van der Waals surface area (Å²) in [6.07, 6.45) is 4.92. The van der Waals surface area contributed by atoms with Crippen LogP contribution >= 0.6 is 12.4 Å². The van der Waals surface area contributed by atoms with E-state index in [1.165, 1.54) is 5.56 Å². The third-order valence-corrected chi connectivity index (χ3v) is 5.83. The van der Waals surface area contributed by atoms with Crippen LogP contribution in [-0.4, -0.2) is 24.4 Å². The maximum Gasteiger partial charge on any atom is 0.231 e. The molecule has 0 spiro atoms. The minimum absolute atomic E-state index is 0. The van der Waals surface area contributed by atoms with Crippen LogP contribution < -0.4 is 16.0 Å². The van der Waals surface area contributed by atoms with Crippen molar-refractivity contribution in [2.24, 2.45) is 11.7 Å². The van der Waals surface area contributed by atoms with Crippen molar-refractivity contribution >= 4 is 35.6 Å². The highest BCUT2D eigenvalue weighted by molar-refractivity contribution is 5.96. The summed E-state index contributed by atoms with van der Waals surface area (Å²) in [6, 6.07) is 15.9. The van der Waals surface area contributed by atoms with Gasteiger partial charge in [-0.25, -0.2) is 0 Å². The quantitative estimate of drug-likeness (QED) is 0.802. The van der Waals surface area contributed by atoms with Crippen LogP contribution in [0, 0.1) is 5.92 Å². The van der Waals surface area contributed by atoms with Gasteiger partial charge in [0.15, 0.2) is 0 Å². The van der Waals surface area contributed by atoms with Gasteiger partial charge in [-0.05, 0) is 61.4 Å². The molecule has 1 saturated carbocycles. The van der Waals surface area contributed by atoms with E-state index >= 15 is 0 Å². The molecule has 2 amide bonds. The fraction of sp³-hybridized carbons (Fsp3) is 0.391. The number of halogens is 1. The van der Waals surface area contributed by atoms with E-state index in [0.717, 1.165) is 55.6 Å². The SMILES string of the molecule is Cl.NC1CCC(C(=O)Nc2ccc(CC(=O)N3CCCc4ccccc43)cc2)C1. The van der Waals surface area contributed by atoms with Gasteiger partial charge in [-0.15, -0.1) is 12.4 Å². The number of nitrogens with zero attached hydrogens (tertiary/aromatic N) is 1. The number of carbonyl (C=O) groups excluding carboxylic acids is 2. The Morgan fingerprint density at radius 3 is 2.55 bits per heavy atom. The number of carbonyl (C=O) groups is 2. The van der Waals surface area contributed by atoms with Crippen LogP contribution in [0.15, 0.2) is 48.5 Å². The van der Waals surface area contributed by atoms with Gasteiger partial charge in [-0.1, -0.05) is 30.3 Å². The molecule has 2 aromatic rings. The molecule has 0 radical (unpaired) electrons. The second kappa shape index (κ2) is 9.42. The van der Waals surface area contributed by atoms with Gasteiger partial charge in [-0.3, -0.25) is 9.59 Å². The standard InChI is InChI=1S/C23H27N3O2.ClH/c24-19-10-9-18(15-19)23(28)25-20-11-7-16(8-12-20)14-22(27)26-13-3-5-17-4-1-2-6-21(17)26;/h1-2,4,6-8,11-12,18-19H,3,5,9-10,13-15,24H2,(H,25,28);1H. The molecular weight excluding hydrogens is 386 g/mol. The normalized spacial score (nSPS) is 20.5. The van der Waals surface area contributed by atoms with Gasteiger partial charge < -0.3 is 16.0 Å². The monoisotopic (exact) mass is 413 g/mol. The Balaban J connectivity index is 0.00000240. The van der Waals surface area contributed by atoms with E-state index in [2.05, 4.69) is 11.4 Å². The maximum atomic E-state index is 12.8. The summed E-state index contributed by atoms with van der Waals surface area (Å²) in [6.45, 7) is 0.771. The van der Waals surface area contributed by atoms with Gasteiger partial charge >= 0.3 is 0 Å². The molecule has 0 bridgehead atoms. The van der Waals surface area contributed by atoms with Gasteiger partial charge in [-0.2, -0.15) is 0 Å². The molecule has 2 atom stereocenters. The molecule has 2 unspecified atom stereocenters. The molecule has 3 N–H and O–H groups in total. The summed E-state index contributed by atoms with van der Waals surface area (Å²) >= 11 is 0. The minimum Gasteiger partial charge on any atom is -0.328 e. The minimum atomic E-state index is 0. The van der Waals surface area contributed by atoms with Crippen molar-refractivity contribution in [3.8, 4) is 0 Å². The highest BCUT2D eigenvalue weighted by Crippen LogP contribution is 2.28. The molecule has 1 aliphatic carbocycles. The molecule has 6 heteroatoms. The summed E-state index contributed by atoms with van der Waals surface area (Å²) in [5, 5.41) is 2.97. The van der Waals surface area contributed by atoms with E-state index in [4.69, 9.17) is 5.73 Å². The molecule has 1 aliphatic heterocycles. The average molecular weight is 414 g/mol. The molecule has 4 rings (SSSR count). The maximum absolute atomic E-state index is 12.8. The summed E-state index contributed by atoms with van der Waals surface area (Å²) in [7, 11) is 0. The summed E-state index contributed by atoms with van der Waals surface area (Å²) in [5.74, 6) is 0.168. The number of benzene rings is 2. The fourth-order valence-electron chi connectivity index (χ4n) is 4.27. The van der Waals surface area contributed by atoms with E-state index in [9.17, 15) is 9.59 Å². The lowest BCUT2D eigenvalue weighted by Gasteiger charge is -2.29. The molecule has 5 nitrogen and oxygen atoms in total. The number of para-hydroxylation sites is 1. The predicted molar refractivity (Wildman–Crippen MR) is 118 cm³/mol. The number of aryl methyl sites for hydroxylation is 1. The first-order chi connectivity index (χ1) is 13.6. The lowest BCUT2D eigenvalue weighted by molar-refractivity contribution is -0.120. The van der Waals surface area contributed by atoms with E-state index in [1.807, 2.05) is 47.4 Å². The molecule has 1 fully saturated rings. The van der Waals surface area contributed by atoms with Crippen molar-refractivity contribution in [2.75, 3.05) is 16.8 Å². The van der Waals surface area contributed by atoms with Crippen LogP contribution in [0.1, 0.15) is 36.8 Å². The third kappa shape index (κ3) is 4.98. The second-order valence-corrected chi connectivity index (χ2v) is 7.91.